The summed E-state index contributed by atoms with van der Waals surface area (Å²) in [5.74, 6) is 1.75. The molecule has 0 heteroatoms. The van der Waals surface area contributed by atoms with Crippen LogP contribution in [0.2, 0.25) is 0 Å². The molecule has 0 saturated heterocycles. The van der Waals surface area contributed by atoms with Gasteiger partial charge in [-0.25, -0.2) is 0 Å². The van der Waals surface area contributed by atoms with E-state index in [0.29, 0.717) is 5.41 Å². The summed E-state index contributed by atoms with van der Waals surface area (Å²) in [4.78, 5) is 0. The van der Waals surface area contributed by atoms with Crippen LogP contribution >= 0.6 is 0 Å². The van der Waals surface area contributed by atoms with Crippen molar-refractivity contribution in [2.45, 2.75) is 38.0 Å². The second-order valence-corrected chi connectivity index (χ2v) is 7.39. The summed E-state index contributed by atoms with van der Waals surface area (Å²) in [5, 5.41) is 0. The summed E-state index contributed by atoms with van der Waals surface area (Å²) in [6, 6.07) is 20.3. The molecule has 3 aliphatic carbocycles. The molecule has 0 unspecified atom stereocenters. The van der Waals surface area contributed by atoms with Gasteiger partial charge in [-0.3, -0.25) is 0 Å². The van der Waals surface area contributed by atoms with Gasteiger partial charge in [-0.2, -0.15) is 0 Å². The molecule has 2 saturated carbocycles. The summed E-state index contributed by atoms with van der Waals surface area (Å²) >= 11 is 0. The highest BCUT2D eigenvalue weighted by Gasteiger charge is 2.66. The van der Waals surface area contributed by atoms with Crippen molar-refractivity contribution in [1.82, 2.24) is 0 Å². The summed E-state index contributed by atoms with van der Waals surface area (Å²) < 4.78 is 0. The van der Waals surface area contributed by atoms with E-state index in [1.807, 2.05) is 0 Å². The third kappa shape index (κ3) is 1.70. The topological polar surface area (TPSA) is 0 Å². The maximum atomic E-state index is 2.50. The van der Waals surface area contributed by atoms with Crippen LogP contribution in [0.3, 0.4) is 0 Å². The molecule has 5 rings (SSSR count). The average molecular weight is 286 g/mol. The first kappa shape index (κ1) is 12.7. The van der Waals surface area contributed by atoms with Crippen molar-refractivity contribution in [3.63, 3.8) is 0 Å². The van der Waals surface area contributed by atoms with Crippen LogP contribution in [0.15, 0.2) is 60.7 Å². The number of allylic oxidation sites excluding steroid dienone is 2. The third-order valence-electron chi connectivity index (χ3n) is 6.42. The van der Waals surface area contributed by atoms with E-state index >= 15 is 0 Å². The van der Waals surface area contributed by atoms with Gasteiger partial charge in [0, 0.05) is 0 Å². The van der Waals surface area contributed by atoms with Crippen molar-refractivity contribution < 1.29 is 0 Å². The van der Waals surface area contributed by atoms with Crippen molar-refractivity contribution in [3.05, 3.63) is 77.4 Å². The fourth-order valence-corrected chi connectivity index (χ4v) is 5.45. The Morgan fingerprint density at radius 1 is 0.955 bits per heavy atom. The van der Waals surface area contributed by atoms with Gasteiger partial charge in [0.15, 0.2) is 0 Å². The maximum Gasteiger partial charge on any atom is -0.00653 e. The zero-order valence-electron chi connectivity index (χ0n) is 13.0. The Hall–Kier alpha value is -1.82. The van der Waals surface area contributed by atoms with Crippen LogP contribution in [0.4, 0.5) is 0 Å². The van der Waals surface area contributed by atoms with E-state index in [2.05, 4.69) is 60.7 Å². The molecule has 0 amide bonds. The minimum atomic E-state index is 0.574. The molecular weight excluding hydrogens is 264 g/mol. The first-order valence-electron chi connectivity index (χ1n) is 8.71. The van der Waals surface area contributed by atoms with Crippen LogP contribution in [-0.4, -0.2) is 0 Å². The molecule has 0 aliphatic heterocycles. The number of hydrogen-bond acceptors (Lipinski definition) is 0. The van der Waals surface area contributed by atoms with Gasteiger partial charge in [-0.1, -0.05) is 67.1 Å². The Balaban J connectivity index is 1.46. The minimum absolute atomic E-state index is 0.574. The summed E-state index contributed by atoms with van der Waals surface area (Å²) in [6.07, 6.45) is 9.24. The Kier molecular flexibility index (Phi) is 2.65. The van der Waals surface area contributed by atoms with Gasteiger partial charge < -0.3 is 0 Å². The molecule has 0 bridgehead atoms. The standard InChI is InChI=1S/C22H22/c1-2-8-17(9-3-1)21-20-11-6-14-22(20,21)15-18-13-12-16-7-4-5-10-19(16)18/h1-5,7-10,13,20-21H,6,11-12,14-15H2/t20-,21-,22+/m0/s1. The molecule has 0 aromatic heterocycles. The average Bonchev–Trinajstić information content (AvgIpc) is 2.89. The zero-order chi connectivity index (χ0) is 14.6. The highest BCUT2D eigenvalue weighted by atomic mass is 14.7. The normalized spacial score (nSPS) is 31.5. The molecule has 22 heavy (non-hydrogen) atoms. The summed E-state index contributed by atoms with van der Waals surface area (Å²) in [5.41, 5.74) is 6.84. The molecule has 3 atom stereocenters. The predicted octanol–water partition coefficient (Wildman–Crippen LogP) is 5.60. The second kappa shape index (κ2) is 4.59. The summed E-state index contributed by atoms with van der Waals surface area (Å²) in [7, 11) is 0. The smallest absolute Gasteiger partial charge is 0.00653 e. The van der Waals surface area contributed by atoms with Gasteiger partial charge >= 0.3 is 0 Å². The molecule has 2 fully saturated rings. The molecule has 0 nitrogen and oxygen atoms in total. The van der Waals surface area contributed by atoms with Crippen molar-refractivity contribution >= 4 is 5.57 Å². The molecule has 2 aromatic carbocycles. The van der Waals surface area contributed by atoms with Crippen LogP contribution in [0.25, 0.3) is 5.57 Å². The molecule has 2 aromatic rings. The van der Waals surface area contributed by atoms with Crippen LogP contribution < -0.4 is 0 Å². The largest absolute Gasteiger partial charge is 0.0763 e. The highest BCUT2D eigenvalue weighted by molar-refractivity contribution is 5.74. The lowest BCUT2D eigenvalue weighted by molar-refractivity contribution is 0.483. The van der Waals surface area contributed by atoms with Gasteiger partial charge in [-0.15, -0.1) is 0 Å². The van der Waals surface area contributed by atoms with E-state index < -0.39 is 0 Å². The monoisotopic (exact) mass is 286 g/mol. The lowest BCUT2D eigenvalue weighted by Crippen LogP contribution is -2.03. The van der Waals surface area contributed by atoms with Crippen molar-refractivity contribution in [3.8, 4) is 0 Å². The van der Waals surface area contributed by atoms with Crippen LogP contribution in [0, 0.1) is 11.3 Å². The van der Waals surface area contributed by atoms with Gasteiger partial charge in [0.2, 0.25) is 0 Å². The van der Waals surface area contributed by atoms with Crippen LogP contribution in [-0.2, 0) is 6.42 Å². The van der Waals surface area contributed by atoms with Gasteiger partial charge in [0.25, 0.3) is 0 Å². The van der Waals surface area contributed by atoms with Gasteiger partial charge in [0.05, 0.1) is 0 Å². The van der Waals surface area contributed by atoms with Crippen molar-refractivity contribution in [1.29, 1.82) is 0 Å². The third-order valence-corrected chi connectivity index (χ3v) is 6.42. The Morgan fingerprint density at radius 3 is 2.68 bits per heavy atom. The van der Waals surface area contributed by atoms with Gasteiger partial charge in [-0.05, 0) is 65.2 Å². The number of rotatable bonds is 3. The fourth-order valence-electron chi connectivity index (χ4n) is 5.45. The van der Waals surface area contributed by atoms with Crippen molar-refractivity contribution in [2.75, 3.05) is 0 Å². The highest BCUT2D eigenvalue weighted by Crippen LogP contribution is 2.76. The van der Waals surface area contributed by atoms with E-state index in [4.69, 9.17) is 0 Å². The van der Waals surface area contributed by atoms with E-state index in [1.54, 1.807) is 11.1 Å². The van der Waals surface area contributed by atoms with Crippen molar-refractivity contribution in [2.24, 2.45) is 11.3 Å². The van der Waals surface area contributed by atoms with Crippen LogP contribution in [0.1, 0.15) is 48.3 Å². The molecular formula is C22H22. The Bertz CT molecular complexity index is 740. The molecule has 0 N–H and O–H groups in total. The first-order chi connectivity index (χ1) is 10.9. The second-order valence-electron chi connectivity index (χ2n) is 7.39. The molecule has 3 aliphatic rings. The molecule has 0 spiro atoms. The van der Waals surface area contributed by atoms with E-state index in [0.717, 1.165) is 18.3 Å². The molecule has 0 heterocycles. The number of benzene rings is 2. The summed E-state index contributed by atoms with van der Waals surface area (Å²) in [6.45, 7) is 0. The molecule has 110 valence electrons. The predicted molar refractivity (Wildman–Crippen MR) is 91.7 cm³/mol. The lowest BCUT2D eigenvalue weighted by Gasteiger charge is -2.17. The lowest BCUT2D eigenvalue weighted by atomic mass is 9.87. The number of hydrogen-bond donors (Lipinski definition) is 0. The number of fused-ring (bicyclic) bond motifs is 2. The van der Waals surface area contributed by atoms with E-state index in [-0.39, 0.29) is 0 Å². The minimum Gasteiger partial charge on any atom is -0.0763 e. The van der Waals surface area contributed by atoms with Gasteiger partial charge in [0.1, 0.15) is 0 Å². The maximum absolute atomic E-state index is 2.50. The molecule has 0 radical (unpaired) electrons. The zero-order valence-corrected chi connectivity index (χ0v) is 13.0. The first-order valence-corrected chi connectivity index (χ1v) is 8.71. The SMILES string of the molecule is C1=C(C[C@]23CCC[C@H]2[C@@H]3c2ccccc2)c2ccccc2C1. The van der Waals surface area contributed by atoms with E-state index in [1.165, 1.54) is 36.8 Å². The Labute approximate surface area is 132 Å². The van der Waals surface area contributed by atoms with E-state index in [9.17, 15) is 0 Å². The quantitative estimate of drug-likeness (QED) is 0.689. The Morgan fingerprint density at radius 2 is 1.77 bits per heavy atom. The van der Waals surface area contributed by atoms with Crippen LogP contribution in [0.5, 0.6) is 0 Å². The fraction of sp³-hybridized carbons (Fsp3) is 0.364.